The number of carbonyl (C=O) groups is 1. The van der Waals surface area contributed by atoms with Crippen LogP contribution in [-0.2, 0) is 4.79 Å². The van der Waals surface area contributed by atoms with Crippen molar-refractivity contribution >= 4 is 23.0 Å². The van der Waals surface area contributed by atoms with E-state index in [9.17, 15) is 14.9 Å². The molecule has 0 saturated heterocycles. The highest BCUT2D eigenvalue weighted by molar-refractivity contribution is 6.11. The monoisotopic (exact) mass is 371 g/mol. The molecular weight excluding hydrogens is 354 g/mol. The second-order valence-corrected chi connectivity index (χ2v) is 6.38. The molecule has 1 heterocycles. The van der Waals surface area contributed by atoms with Crippen LogP contribution in [0.25, 0.3) is 0 Å². The molecule has 0 saturated carbocycles. The quantitative estimate of drug-likeness (QED) is 0.522. The van der Waals surface area contributed by atoms with Gasteiger partial charge in [0.1, 0.15) is 5.70 Å². The molecule has 6 heteroatoms. The highest BCUT2D eigenvalue weighted by Crippen LogP contribution is 2.36. The van der Waals surface area contributed by atoms with E-state index in [1.54, 1.807) is 17.0 Å². The van der Waals surface area contributed by atoms with Crippen LogP contribution in [0.3, 0.4) is 0 Å². The first kappa shape index (κ1) is 17.5. The molecule has 1 atom stereocenters. The van der Waals surface area contributed by atoms with E-state index in [1.165, 1.54) is 12.1 Å². The van der Waals surface area contributed by atoms with Crippen LogP contribution in [-0.4, -0.2) is 10.8 Å². The van der Waals surface area contributed by atoms with Crippen LogP contribution < -0.4 is 10.2 Å². The van der Waals surface area contributed by atoms with Gasteiger partial charge in [0.25, 0.3) is 11.6 Å². The van der Waals surface area contributed by atoms with Crippen LogP contribution in [0.1, 0.15) is 11.6 Å². The van der Waals surface area contributed by atoms with E-state index in [0.717, 1.165) is 16.9 Å². The third kappa shape index (κ3) is 3.35. The lowest BCUT2D eigenvalue weighted by Crippen LogP contribution is -2.30. The van der Waals surface area contributed by atoms with E-state index in [4.69, 9.17) is 0 Å². The highest BCUT2D eigenvalue weighted by atomic mass is 16.6. The molecule has 1 N–H and O–H groups in total. The second-order valence-electron chi connectivity index (χ2n) is 6.38. The average molecular weight is 371 g/mol. The highest BCUT2D eigenvalue weighted by Gasteiger charge is 2.34. The fraction of sp³-hybridized carbons (Fsp3) is 0.0455. The Hall–Kier alpha value is -3.93. The zero-order valence-corrected chi connectivity index (χ0v) is 14.9. The van der Waals surface area contributed by atoms with E-state index >= 15 is 0 Å². The van der Waals surface area contributed by atoms with Crippen LogP contribution in [0.15, 0.2) is 96.7 Å². The standard InChI is InChI=1S/C22H17N3O3/c26-22-20(23-17-7-3-1-4-8-17)15-21(24(22)18-9-5-2-6-10-18)16-11-13-19(14-12-16)25(27)28/h1-15,21,23H. The van der Waals surface area contributed by atoms with Crippen molar-refractivity contribution in [2.24, 2.45) is 0 Å². The molecule has 0 spiro atoms. The zero-order chi connectivity index (χ0) is 19.5. The molecule has 28 heavy (non-hydrogen) atoms. The summed E-state index contributed by atoms with van der Waals surface area (Å²) in [4.78, 5) is 25.4. The van der Waals surface area contributed by atoms with Gasteiger partial charge in [-0.3, -0.25) is 19.8 Å². The molecule has 1 aliphatic rings. The van der Waals surface area contributed by atoms with Crippen molar-refractivity contribution in [3.8, 4) is 0 Å². The molecule has 1 aliphatic heterocycles. The van der Waals surface area contributed by atoms with E-state index in [0.29, 0.717) is 5.70 Å². The lowest BCUT2D eigenvalue weighted by Gasteiger charge is -2.25. The van der Waals surface area contributed by atoms with E-state index < -0.39 is 4.92 Å². The Morgan fingerprint density at radius 1 is 0.857 bits per heavy atom. The van der Waals surface area contributed by atoms with Crippen LogP contribution in [0.5, 0.6) is 0 Å². The van der Waals surface area contributed by atoms with Crippen molar-refractivity contribution in [1.82, 2.24) is 0 Å². The summed E-state index contributed by atoms with van der Waals surface area (Å²) in [7, 11) is 0. The number of non-ortho nitro benzene ring substituents is 1. The van der Waals surface area contributed by atoms with E-state index in [-0.39, 0.29) is 17.6 Å². The topological polar surface area (TPSA) is 75.5 Å². The van der Waals surface area contributed by atoms with Gasteiger partial charge in [0.15, 0.2) is 0 Å². The first-order valence-corrected chi connectivity index (χ1v) is 8.80. The third-order valence-corrected chi connectivity index (χ3v) is 4.58. The molecule has 4 rings (SSSR count). The van der Waals surface area contributed by atoms with Gasteiger partial charge in [-0.15, -0.1) is 0 Å². The maximum absolute atomic E-state index is 13.2. The van der Waals surface area contributed by atoms with E-state index in [2.05, 4.69) is 5.32 Å². The molecule has 0 bridgehead atoms. The van der Waals surface area contributed by atoms with Gasteiger partial charge in [-0.1, -0.05) is 36.4 Å². The summed E-state index contributed by atoms with van der Waals surface area (Å²) in [5.41, 5.74) is 2.87. The predicted octanol–water partition coefficient (Wildman–Crippen LogP) is 4.68. The minimum atomic E-state index is -0.434. The largest absolute Gasteiger partial charge is 0.351 e. The summed E-state index contributed by atoms with van der Waals surface area (Å²) in [6, 6.07) is 24.8. The van der Waals surface area contributed by atoms with Crippen LogP contribution in [0.4, 0.5) is 17.1 Å². The van der Waals surface area contributed by atoms with Gasteiger partial charge in [0, 0.05) is 23.5 Å². The Bertz CT molecular complexity index is 1030. The first-order chi connectivity index (χ1) is 13.6. The summed E-state index contributed by atoms with van der Waals surface area (Å²) in [6.45, 7) is 0. The molecule has 3 aromatic carbocycles. The molecule has 0 radical (unpaired) electrons. The predicted molar refractivity (Wildman–Crippen MR) is 108 cm³/mol. The molecule has 1 unspecified atom stereocenters. The van der Waals surface area contributed by atoms with Gasteiger partial charge in [0.05, 0.1) is 11.0 Å². The zero-order valence-electron chi connectivity index (χ0n) is 14.9. The fourth-order valence-corrected chi connectivity index (χ4v) is 3.24. The fourth-order valence-electron chi connectivity index (χ4n) is 3.24. The second kappa shape index (κ2) is 7.36. The molecule has 0 aliphatic carbocycles. The number of amides is 1. The minimum Gasteiger partial charge on any atom is -0.351 e. The Kier molecular flexibility index (Phi) is 4.60. The lowest BCUT2D eigenvalue weighted by atomic mass is 10.1. The number of nitrogens with one attached hydrogen (secondary N) is 1. The van der Waals surface area contributed by atoms with Crippen molar-refractivity contribution < 1.29 is 9.72 Å². The molecular formula is C22H17N3O3. The first-order valence-electron chi connectivity index (χ1n) is 8.80. The molecule has 138 valence electrons. The summed E-state index contributed by atoms with van der Waals surface area (Å²) < 4.78 is 0. The number of nitrogens with zero attached hydrogens (tertiary/aromatic N) is 2. The summed E-state index contributed by atoms with van der Waals surface area (Å²) >= 11 is 0. The van der Waals surface area contributed by atoms with Gasteiger partial charge in [-0.05, 0) is 48.0 Å². The molecule has 0 aromatic heterocycles. The van der Waals surface area contributed by atoms with Crippen LogP contribution in [0.2, 0.25) is 0 Å². The number of nitro benzene ring substituents is 1. The van der Waals surface area contributed by atoms with Gasteiger partial charge in [0.2, 0.25) is 0 Å². The number of carbonyl (C=O) groups excluding carboxylic acids is 1. The summed E-state index contributed by atoms with van der Waals surface area (Å²) in [6.07, 6.45) is 1.85. The molecule has 1 amide bonds. The summed E-state index contributed by atoms with van der Waals surface area (Å²) in [5.74, 6) is -0.154. The SMILES string of the molecule is O=C1C(Nc2ccccc2)=CC(c2ccc([N+](=O)[O-])cc2)N1c1ccccc1. The number of rotatable bonds is 5. The van der Waals surface area contributed by atoms with Crippen molar-refractivity contribution in [3.63, 3.8) is 0 Å². The molecule has 6 nitrogen and oxygen atoms in total. The van der Waals surface area contributed by atoms with Crippen molar-refractivity contribution in [3.05, 3.63) is 112 Å². The molecule has 3 aromatic rings. The number of anilines is 2. The number of benzene rings is 3. The normalized spacial score (nSPS) is 16.0. The Morgan fingerprint density at radius 2 is 1.46 bits per heavy atom. The maximum Gasteiger partial charge on any atom is 0.275 e. The van der Waals surface area contributed by atoms with Crippen molar-refractivity contribution in [2.75, 3.05) is 10.2 Å². The number of para-hydroxylation sites is 2. The smallest absolute Gasteiger partial charge is 0.275 e. The van der Waals surface area contributed by atoms with Gasteiger partial charge in [-0.25, -0.2) is 0 Å². The van der Waals surface area contributed by atoms with Crippen molar-refractivity contribution in [2.45, 2.75) is 6.04 Å². The number of hydrogen-bond donors (Lipinski definition) is 1. The molecule has 0 fully saturated rings. The Morgan fingerprint density at radius 3 is 2.07 bits per heavy atom. The lowest BCUT2D eigenvalue weighted by molar-refractivity contribution is -0.384. The summed E-state index contributed by atoms with van der Waals surface area (Å²) in [5, 5.41) is 14.1. The average Bonchev–Trinajstić information content (AvgIpc) is 3.05. The van der Waals surface area contributed by atoms with Gasteiger partial charge in [-0.2, -0.15) is 0 Å². The minimum absolute atomic E-state index is 0.0194. The van der Waals surface area contributed by atoms with Crippen LogP contribution in [0, 0.1) is 10.1 Å². The van der Waals surface area contributed by atoms with Gasteiger partial charge < -0.3 is 5.32 Å². The number of nitro groups is 1. The van der Waals surface area contributed by atoms with Crippen LogP contribution >= 0.6 is 0 Å². The Labute approximate surface area is 161 Å². The third-order valence-electron chi connectivity index (χ3n) is 4.58. The Balaban J connectivity index is 1.72. The van der Waals surface area contributed by atoms with E-state index in [1.807, 2.05) is 66.7 Å². The van der Waals surface area contributed by atoms with Crippen molar-refractivity contribution in [1.29, 1.82) is 0 Å². The number of hydrogen-bond acceptors (Lipinski definition) is 4. The van der Waals surface area contributed by atoms with Gasteiger partial charge >= 0.3 is 0 Å². The maximum atomic E-state index is 13.2.